The highest BCUT2D eigenvalue weighted by molar-refractivity contribution is 7.73. The number of benzene rings is 2. The topological polar surface area (TPSA) is 23.8 Å². The molecule has 2 aromatic rings. The number of hydrogen-bond acceptors (Lipinski definition) is 1. The lowest BCUT2D eigenvalue weighted by atomic mass is 9.95. The molecule has 0 amide bonds. The SMILES string of the molecule is CC(C1C=CC(C#N)=CC1)P(c1ccccc1)c1ccccc1. The van der Waals surface area contributed by atoms with Crippen LogP contribution in [0.15, 0.2) is 84.5 Å². The maximum absolute atomic E-state index is 9.02. The summed E-state index contributed by atoms with van der Waals surface area (Å²) in [6.07, 6.45) is 7.24. The molecule has 0 radical (unpaired) electrons. The Labute approximate surface area is 139 Å². The monoisotopic (exact) mass is 317 g/mol. The Bertz CT molecular complexity index is 701. The standard InChI is InChI=1S/C21H20NP/c1-17(19-14-12-18(16-22)13-15-19)23(20-8-4-2-5-9-20)21-10-6-3-7-11-21/h2-14,17,19H,15H2,1H3. The first-order valence-corrected chi connectivity index (χ1v) is 9.38. The van der Waals surface area contributed by atoms with Crippen molar-refractivity contribution < 1.29 is 0 Å². The molecule has 23 heavy (non-hydrogen) atoms. The van der Waals surface area contributed by atoms with Crippen molar-refractivity contribution >= 4 is 18.5 Å². The van der Waals surface area contributed by atoms with Gasteiger partial charge in [-0.15, -0.1) is 0 Å². The maximum Gasteiger partial charge on any atom is 0.0988 e. The number of nitrogens with zero attached hydrogens (tertiary/aromatic N) is 1. The van der Waals surface area contributed by atoms with Crippen molar-refractivity contribution in [3.8, 4) is 6.07 Å². The average Bonchev–Trinajstić information content (AvgIpc) is 2.64. The van der Waals surface area contributed by atoms with E-state index >= 15 is 0 Å². The molecule has 0 fully saturated rings. The zero-order valence-corrected chi connectivity index (χ0v) is 14.2. The predicted octanol–water partition coefficient (Wildman–Crippen LogP) is 4.53. The second kappa shape index (κ2) is 7.40. The Balaban J connectivity index is 1.92. The van der Waals surface area contributed by atoms with Crippen LogP contribution in [0.2, 0.25) is 0 Å². The third-order valence-corrected chi connectivity index (χ3v) is 7.26. The molecule has 2 aromatic carbocycles. The summed E-state index contributed by atoms with van der Waals surface area (Å²) in [4.78, 5) is 0. The van der Waals surface area contributed by atoms with Gasteiger partial charge in [0, 0.05) is 5.57 Å². The largest absolute Gasteiger partial charge is 0.192 e. The molecule has 0 aromatic heterocycles. The van der Waals surface area contributed by atoms with Crippen LogP contribution in [-0.2, 0) is 0 Å². The van der Waals surface area contributed by atoms with E-state index in [2.05, 4.69) is 85.8 Å². The molecule has 0 saturated carbocycles. The summed E-state index contributed by atoms with van der Waals surface area (Å²) in [6.45, 7) is 2.35. The fraction of sp³-hybridized carbons (Fsp3) is 0.190. The molecule has 0 aliphatic heterocycles. The summed E-state index contributed by atoms with van der Waals surface area (Å²) >= 11 is 0. The van der Waals surface area contributed by atoms with Gasteiger partial charge < -0.3 is 0 Å². The first kappa shape index (κ1) is 15.7. The zero-order chi connectivity index (χ0) is 16.1. The first-order chi connectivity index (χ1) is 11.3. The van der Waals surface area contributed by atoms with Crippen LogP contribution in [0.4, 0.5) is 0 Å². The van der Waals surface area contributed by atoms with E-state index in [-0.39, 0.29) is 0 Å². The van der Waals surface area contributed by atoms with Gasteiger partial charge in [0.15, 0.2) is 0 Å². The Morgan fingerprint density at radius 1 is 1.00 bits per heavy atom. The van der Waals surface area contributed by atoms with E-state index in [1.54, 1.807) is 0 Å². The third kappa shape index (κ3) is 3.61. The van der Waals surface area contributed by atoms with Crippen molar-refractivity contribution in [3.05, 3.63) is 84.5 Å². The van der Waals surface area contributed by atoms with Crippen molar-refractivity contribution in [2.45, 2.75) is 19.0 Å². The summed E-state index contributed by atoms with van der Waals surface area (Å²) in [7, 11) is -0.417. The van der Waals surface area contributed by atoms with E-state index in [4.69, 9.17) is 5.26 Å². The number of hydrogen-bond donors (Lipinski definition) is 0. The van der Waals surface area contributed by atoms with E-state index < -0.39 is 7.92 Å². The molecule has 3 rings (SSSR count). The Hall–Kier alpha value is -2.16. The van der Waals surface area contributed by atoms with E-state index in [9.17, 15) is 0 Å². The van der Waals surface area contributed by atoms with Crippen molar-refractivity contribution in [2.24, 2.45) is 5.92 Å². The Morgan fingerprint density at radius 2 is 1.57 bits per heavy atom. The fourth-order valence-corrected chi connectivity index (χ4v) is 5.90. The van der Waals surface area contributed by atoms with Gasteiger partial charge in [-0.05, 0) is 42.6 Å². The lowest BCUT2D eigenvalue weighted by molar-refractivity contribution is 0.642. The summed E-state index contributed by atoms with van der Waals surface area (Å²) in [5, 5.41) is 11.9. The second-order valence-corrected chi connectivity index (χ2v) is 8.40. The van der Waals surface area contributed by atoms with Gasteiger partial charge >= 0.3 is 0 Å². The highest BCUT2D eigenvalue weighted by Gasteiger charge is 2.27. The predicted molar refractivity (Wildman–Crippen MR) is 99.5 cm³/mol. The molecular formula is C21H20NP. The highest BCUT2D eigenvalue weighted by atomic mass is 31.1. The van der Waals surface area contributed by atoms with Crippen LogP contribution in [0.3, 0.4) is 0 Å². The van der Waals surface area contributed by atoms with Crippen molar-refractivity contribution in [1.82, 2.24) is 0 Å². The average molecular weight is 317 g/mol. The van der Waals surface area contributed by atoms with Gasteiger partial charge in [0.05, 0.1) is 6.07 Å². The summed E-state index contributed by atoms with van der Waals surface area (Å²) in [5.74, 6) is 0.485. The van der Waals surface area contributed by atoms with Crippen LogP contribution in [0.1, 0.15) is 13.3 Å². The van der Waals surface area contributed by atoms with Crippen molar-refractivity contribution in [1.29, 1.82) is 5.26 Å². The molecular weight excluding hydrogens is 297 g/mol. The van der Waals surface area contributed by atoms with Gasteiger partial charge in [-0.25, -0.2) is 0 Å². The number of rotatable bonds is 4. The van der Waals surface area contributed by atoms with Gasteiger partial charge in [0.2, 0.25) is 0 Å². The maximum atomic E-state index is 9.02. The molecule has 2 heteroatoms. The Morgan fingerprint density at radius 3 is 2.00 bits per heavy atom. The van der Waals surface area contributed by atoms with Crippen molar-refractivity contribution in [3.63, 3.8) is 0 Å². The van der Waals surface area contributed by atoms with Crippen molar-refractivity contribution in [2.75, 3.05) is 0 Å². The summed E-state index contributed by atoms with van der Waals surface area (Å²) in [6, 6.07) is 23.9. The van der Waals surface area contributed by atoms with Gasteiger partial charge in [0.25, 0.3) is 0 Å². The number of nitriles is 1. The first-order valence-electron chi connectivity index (χ1n) is 7.97. The van der Waals surface area contributed by atoms with Crippen LogP contribution < -0.4 is 10.6 Å². The van der Waals surface area contributed by atoms with E-state index in [0.717, 1.165) is 12.0 Å². The molecule has 0 bridgehead atoms. The molecule has 0 heterocycles. The van der Waals surface area contributed by atoms with Crippen LogP contribution in [-0.4, -0.2) is 5.66 Å². The molecule has 0 N–H and O–H groups in total. The smallest absolute Gasteiger partial charge is 0.0988 e. The molecule has 114 valence electrons. The fourth-order valence-electron chi connectivity index (χ4n) is 3.07. The van der Waals surface area contributed by atoms with Crippen LogP contribution in [0, 0.1) is 17.2 Å². The molecule has 1 nitrogen and oxygen atoms in total. The molecule has 0 spiro atoms. The van der Waals surface area contributed by atoms with E-state index in [0.29, 0.717) is 11.6 Å². The van der Waals surface area contributed by atoms with Gasteiger partial charge in [0.1, 0.15) is 0 Å². The minimum atomic E-state index is -0.417. The third-order valence-electron chi connectivity index (χ3n) is 4.36. The minimum Gasteiger partial charge on any atom is -0.192 e. The normalized spacial score (nSPS) is 18.3. The molecule has 1 aliphatic rings. The van der Waals surface area contributed by atoms with Gasteiger partial charge in [-0.2, -0.15) is 5.26 Å². The lowest BCUT2D eigenvalue weighted by Crippen LogP contribution is -2.25. The number of allylic oxidation sites excluding steroid dienone is 4. The van der Waals surface area contributed by atoms with E-state index in [1.165, 1.54) is 10.6 Å². The summed E-state index contributed by atoms with van der Waals surface area (Å²) < 4.78 is 0. The van der Waals surface area contributed by atoms with E-state index in [1.807, 2.05) is 6.08 Å². The molecule has 2 unspecified atom stereocenters. The highest BCUT2D eigenvalue weighted by Crippen LogP contribution is 2.44. The van der Waals surface area contributed by atoms with Crippen LogP contribution in [0.25, 0.3) is 0 Å². The summed E-state index contributed by atoms with van der Waals surface area (Å²) in [5.41, 5.74) is 1.32. The van der Waals surface area contributed by atoms with Crippen LogP contribution >= 0.6 is 7.92 Å². The molecule has 0 saturated heterocycles. The zero-order valence-electron chi connectivity index (χ0n) is 13.3. The van der Waals surface area contributed by atoms with Gasteiger partial charge in [-0.1, -0.05) is 79.7 Å². The van der Waals surface area contributed by atoms with Crippen LogP contribution in [0.5, 0.6) is 0 Å². The molecule has 2 atom stereocenters. The lowest BCUT2D eigenvalue weighted by Gasteiger charge is -2.31. The quantitative estimate of drug-likeness (QED) is 0.760. The molecule has 1 aliphatic carbocycles. The Kier molecular flexibility index (Phi) is 5.06. The van der Waals surface area contributed by atoms with Gasteiger partial charge in [-0.3, -0.25) is 0 Å². The second-order valence-electron chi connectivity index (χ2n) is 5.81. The minimum absolute atomic E-state index is 0.417.